The summed E-state index contributed by atoms with van der Waals surface area (Å²) in [5.74, 6) is -0.376. The Hall–Kier alpha value is -0.820. The van der Waals surface area contributed by atoms with Crippen molar-refractivity contribution in [3.63, 3.8) is 0 Å². The predicted octanol–water partition coefficient (Wildman–Crippen LogP) is 1.89. The molecule has 0 aliphatic carbocycles. The zero-order chi connectivity index (χ0) is 14.0. The van der Waals surface area contributed by atoms with E-state index in [0.717, 1.165) is 0 Å². The van der Waals surface area contributed by atoms with Crippen molar-refractivity contribution in [3.8, 4) is 0 Å². The summed E-state index contributed by atoms with van der Waals surface area (Å²) in [6.07, 6.45) is -4.67. The van der Waals surface area contributed by atoms with Crippen LogP contribution in [-0.4, -0.2) is 45.1 Å². The van der Waals surface area contributed by atoms with Gasteiger partial charge in [0.1, 0.15) is 6.04 Å². The molecular formula is C11H20F3NO3. The summed E-state index contributed by atoms with van der Waals surface area (Å²) in [5, 5.41) is 2.77. The molecular weight excluding hydrogens is 251 g/mol. The Morgan fingerprint density at radius 2 is 2.00 bits per heavy atom. The quantitative estimate of drug-likeness (QED) is 0.514. The van der Waals surface area contributed by atoms with E-state index < -0.39 is 18.6 Å². The van der Waals surface area contributed by atoms with Crippen molar-refractivity contribution >= 4 is 5.97 Å². The van der Waals surface area contributed by atoms with Gasteiger partial charge in [0.25, 0.3) is 0 Å². The van der Waals surface area contributed by atoms with E-state index in [9.17, 15) is 18.0 Å². The predicted molar refractivity (Wildman–Crippen MR) is 60.2 cm³/mol. The highest BCUT2D eigenvalue weighted by Crippen LogP contribution is 2.20. The largest absolute Gasteiger partial charge is 0.465 e. The van der Waals surface area contributed by atoms with Gasteiger partial charge in [-0.3, -0.25) is 4.79 Å². The zero-order valence-corrected chi connectivity index (χ0v) is 10.7. The summed E-state index contributed by atoms with van der Waals surface area (Å²) in [6, 6.07) is -0.479. The van der Waals surface area contributed by atoms with Crippen molar-refractivity contribution in [2.45, 2.75) is 38.4 Å². The summed E-state index contributed by atoms with van der Waals surface area (Å²) in [5.41, 5.74) is 0. The van der Waals surface area contributed by atoms with Gasteiger partial charge in [-0.25, -0.2) is 0 Å². The first kappa shape index (κ1) is 17.2. The van der Waals surface area contributed by atoms with Gasteiger partial charge in [-0.2, -0.15) is 13.2 Å². The van der Waals surface area contributed by atoms with Crippen molar-refractivity contribution in [3.05, 3.63) is 0 Å². The number of likely N-dealkylation sites (N-methyl/N-ethyl adjacent to an activating group) is 1. The molecule has 0 aliphatic heterocycles. The summed E-state index contributed by atoms with van der Waals surface area (Å²) < 4.78 is 45.3. The lowest BCUT2D eigenvalue weighted by Crippen LogP contribution is -2.36. The molecule has 4 nitrogen and oxygen atoms in total. The molecule has 0 aromatic heterocycles. The molecule has 0 saturated heterocycles. The monoisotopic (exact) mass is 271 g/mol. The van der Waals surface area contributed by atoms with Crippen LogP contribution in [0.1, 0.15) is 26.2 Å². The number of ether oxygens (including phenoxy) is 2. The fraction of sp³-hybridized carbons (Fsp3) is 0.909. The summed E-state index contributed by atoms with van der Waals surface area (Å²) in [6.45, 7) is 2.27. The molecule has 0 heterocycles. The highest BCUT2D eigenvalue weighted by Gasteiger charge is 2.26. The van der Waals surface area contributed by atoms with Crippen LogP contribution in [0.15, 0.2) is 0 Å². The Balaban J connectivity index is 3.60. The summed E-state index contributed by atoms with van der Waals surface area (Å²) in [4.78, 5) is 11.3. The van der Waals surface area contributed by atoms with Crippen LogP contribution in [0.4, 0.5) is 13.2 Å². The Morgan fingerprint density at radius 3 is 2.50 bits per heavy atom. The first-order valence-corrected chi connectivity index (χ1v) is 5.89. The minimum Gasteiger partial charge on any atom is -0.465 e. The van der Waals surface area contributed by atoms with E-state index in [1.54, 1.807) is 14.0 Å². The normalized spacial score (nSPS) is 13.4. The third-order valence-corrected chi connectivity index (χ3v) is 2.22. The molecule has 108 valence electrons. The zero-order valence-electron chi connectivity index (χ0n) is 10.7. The third-order valence-electron chi connectivity index (χ3n) is 2.22. The Bertz CT molecular complexity index is 234. The molecule has 0 rings (SSSR count). The number of carbonyl (C=O) groups excluding carboxylic acids is 1. The first-order chi connectivity index (χ1) is 8.40. The van der Waals surface area contributed by atoms with Crippen LogP contribution in [-0.2, 0) is 14.3 Å². The van der Waals surface area contributed by atoms with E-state index in [2.05, 4.69) is 5.32 Å². The standard InChI is InChI=1S/C11H20F3NO3/c1-3-18-10(16)9(15-2)5-8-17-7-4-6-11(12,13)14/h9,15H,3-8H2,1-2H3. The number of nitrogens with one attached hydrogen (secondary N) is 1. The van der Waals surface area contributed by atoms with Crippen molar-refractivity contribution in [2.75, 3.05) is 26.9 Å². The molecule has 7 heteroatoms. The average molecular weight is 271 g/mol. The maximum atomic E-state index is 11.8. The molecule has 0 amide bonds. The number of halogens is 3. The van der Waals surface area contributed by atoms with Gasteiger partial charge in [0.05, 0.1) is 6.61 Å². The molecule has 0 aliphatic rings. The first-order valence-electron chi connectivity index (χ1n) is 5.89. The number of rotatable bonds is 9. The highest BCUT2D eigenvalue weighted by molar-refractivity contribution is 5.75. The molecule has 0 radical (unpaired) electrons. The van der Waals surface area contributed by atoms with Crippen molar-refractivity contribution < 1.29 is 27.4 Å². The van der Waals surface area contributed by atoms with Crippen LogP contribution < -0.4 is 5.32 Å². The van der Waals surface area contributed by atoms with Gasteiger partial charge in [0.15, 0.2) is 0 Å². The second-order valence-electron chi connectivity index (χ2n) is 3.71. The van der Waals surface area contributed by atoms with Crippen LogP contribution in [0.5, 0.6) is 0 Å². The maximum absolute atomic E-state index is 11.8. The SMILES string of the molecule is CCOC(=O)C(CCOCCCC(F)(F)F)NC. The molecule has 0 spiro atoms. The van der Waals surface area contributed by atoms with Gasteiger partial charge in [-0.15, -0.1) is 0 Å². The van der Waals surface area contributed by atoms with E-state index in [4.69, 9.17) is 9.47 Å². The van der Waals surface area contributed by atoms with Crippen molar-refractivity contribution in [2.24, 2.45) is 0 Å². The second kappa shape index (κ2) is 9.16. The minimum absolute atomic E-state index is 0.0404. The molecule has 1 unspecified atom stereocenters. The van der Waals surface area contributed by atoms with E-state index in [1.807, 2.05) is 0 Å². The highest BCUT2D eigenvalue weighted by atomic mass is 19.4. The number of esters is 1. The summed E-state index contributed by atoms with van der Waals surface area (Å²) >= 11 is 0. The molecule has 1 N–H and O–H groups in total. The maximum Gasteiger partial charge on any atom is 0.389 e. The Kier molecular flexibility index (Phi) is 8.74. The van der Waals surface area contributed by atoms with Crippen molar-refractivity contribution in [1.29, 1.82) is 0 Å². The lowest BCUT2D eigenvalue weighted by molar-refractivity contribution is -0.146. The Labute approximate surface area is 105 Å². The molecule has 0 bridgehead atoms. The van der Waals surface area contributed by atoms with Gasteiger partial charge in [0, 0.05) is 19.6 Å². The lowest BCUT2D eigenvalue weighted by Gasteiger charge is -2.14. The van der Waals surface area contributed by atoms with Crippen molar-refractivity contribution in [1.82, 2.24) is 5.32 Å². The molecule has 18 heavy (non-hydrogen) atoms. The molecule has 0 fully saturated rings. The smallest absolute Gasteiger partial charge is 0.389 e. The third kappa shape index (κ3) is 9.23. The van der Waals surface area contributed by atoms with E-state index in [1.165, 1.54) is 0 Å². The molecule has 1 atom stereocenters. The Morgan fingerprint density at radius 1 is 1.33 bits per heavy atom. The molecule has 0 aromatic rings. The van der Waals surface area contributed by atoms with Gasteiger partial charge in [-0.1, -0.05) is 0 Å². The fourth-order valence-corrected chi connectivity index (χ4v) is 1.30. The average Bonchev–Trinajstić information content (AvgIpc) is 2.27. The number of hydrogen-bond acceptors (Lipinski definition) is 4. The van der Waals surface area contributed by atoms with E-state index in [-0.39, 0.29) is 25.6 Å². The van der Waals surface area contributed by atoms with Gasteiger partial charge < -0.3 is 14.8 Å². The number of hydrogen-bond donors (Lipinski definition) is 1. The van der Waals surface area contributed by atoms with Crippen LogP contribution in [0.3, 0.4) is 0 Å². The lowest BCUT2D eigenvalue weighted by atomic mass is 10.2. The van der Waals surface area contributed by atoms with Gasteiger partial charge >= 0.3 is 12.1 Å². The number of alkyl halides is 3. The van der Waals surface area contributed by atoms with Crippen LogP contribution in [0.25, 0.3) is 0 Å². The number of carbonyl (C=O) groups is 1. The van der Waals surface area contributed by atoms with E-state index in [0.29, 0.717) is 13.0 Å². The minimum atomic E-state index is -4.14. The molecule has 0 aromatic carbocycles. The molecule has 0 saturated carbocycles. The fourth-order valence-electron chi connectivity index (χ4n) is 1.30. The van der Waals surface area contributed by atoms with Crippen LogP contribution in [0, 0.1) is 0 Å². The van der Waals surface area contributed by atoms with Crippen LogP contribution in [0.2, 0.25) is 0 Å². The van der Waals surface area contributed by atoms with Gasteiger partial charge in [-0.05, 0) is 26.8 Å². The van der Waals surface area contributed by atoms with Crippen LogP contribution >= 0.6 is 0 Å². The second-order valence-corrected chi connectivity index (χ2v) is 3.71. The van der Waals surface area contributed by atoms with Gasteiger partial charge in [0.2, 0.25) is 0 Å². The summed E-state index contributed by atoms with van der Waals surface area (Å²) in [7, 11) is 1.62. The van der Waals surface area contributed by atoms with E-state index >= 15 is 0 Å². The topological polar surface area (TPSA) is 47.6 Å².